The first-order valence-corrected chi connectivity index (χ1v) is 10.1. The quantitative estimate of drug-likeness (QED) is 0.466. The number of rotatable bonds is 10. The molecule has 1 rings (SSSR count). The average molecular weight is 331 g/mol. The second-order valence-electron chi connectivity index (χ2n) is 4.74. The van der Waals surface area contributed by atoms with Crippen LogP contribution >= 0.6 is 11.6 Å². The molecule has 0 aliphatic heterocycles. The Morgan fingerprint density at radius 1 is 0.905 bits per heavy atom. The third-order valence-electron chi connectivity index (χ3n) is 3.41. The molecule has 0 spiro atoms. The number of hydrogen-bond acceptors (Lipinski definition) is 3. The Morgan fingerprint density at radius 2 is 1.38 bits per heavy atom. The van der Waals surface area contributed by atoms with Crippen molar-refractivity contribution in [3.8, 4) is 0 Å². The molecular formula is C16H27ClO3Si. The van der Waals surface area contributed by atoms with Gasteiger partial charge in [-0.05, 0) is 38.3 Å². The molecule has 1 aromatic carbocycles. The molecule has 3 nitrogen and oxygen atoms in total. The van der Waals surface area contributed by atoms with Gasteiger partial charge in [0.25, 0.3) is 0 Å². The Bertz CT molecular complexity index is 380. The minimum atomic E-state index is -2.73. The lowest BCUT2D eigenvalue weighted by Gasteiger charge is -2.35. The van der Waals surface area contributed by atoms with Crippen LogP contribution in [0.2, 0.25) is 0 Å². The van der Waals surface area contributed by atoms with Crippen molar-refractivity contribution in [1.82, 2.24) is 0 Å². The van der Waals surface area contributed by atoms with E-state index in [1.807, 2.05) is 20.8 Å². The van der Waals surface area contributed by atoms with Crippen molar-refractivity contribution in [3.05, 3.63) is 35.4 Å². The molecular weight excluding hydrogens is 304 g/mol. The molecule has 0 aromatic heterocycles. The molecule has 1 aromatic rings. The van der Waals surface area contributed by atoms with Gasteiger partial charge in [0.1, 0.15) is 0 Å². The van der Waals surface area contributed by atoms with Gasteiger partial charge in [-0.25, -0.2) is 0 Å². The summed E-state index contributed by atoms with van der Waals surface area (Å²) in [7, 11) is -2.73. The van der Waals surface area contributed by atoms with E-state index in [9.17, 15) is 0 Å². The third-order valence-corrected chi connectivity index (χ3v) is 7.38. The van der Waals surface area contributed by atoms with Crippen molar-refractivity contribution in [1.29, 1.82) is 0 Å². The van der Waals surface area contributed by atoms with Gasteiger partial charge in [-0.15, -0.1) is 11.6 Å². The molecule has 120 valence electrons. The zero-order chi connectivity index (χ0) is 15.7. The summed E-state index contributed by atoms with van der Waals surface area (Å²) in [4.78, 5) is 0. The van der Waals surface area contributed by atoms with Crippen LogP contribution in [0.5, 0.6) is 0 Å². The predicted octanol–water partition coefficient (Wildman–Crippen LogP) is 4.51. The summed E-state index contributed by atoms with van der Waals surface area (Å²) in [5.41, 5.74) is 2.47. The standard InChI is InChI=1S/C16H27ClO3Si/c1-5-16(15-11-9-14(13-17)10-12-15)21(18-6-2,19-7-3)20-8-4/h9-12,16H,5-8,13H2,1-4H3/t16-/m0/s1. The highest BCUT2D eigenvalue weighted by Gasteiger charge is 2.49. The smallest absolute Gasteiger partial charge is 0.373 e. The summed E-state index contributed by atoms with van der Waals surface area (Å²) >= 11 is 5.87. The van der Waals surface area contributed by atoms with Gasteiger partial charge in [-0.2, -0.15) is 0 Å². The van der Waals surface area contributed by atoms with Crippen molar-refractivity contribution >= 4 is 20.4 Å². The summed E-state index contributed by atoms with van der Waals surface area (Å²) in [6.07, 6.45) is 0.923. The maximum absolute atomic E-state index is 6.04. The van der Waals surface area contributed by atoms with E-state index >= 15 is 0 Å². The summed E-state index contributed by atoms with van der Waals surface area (Å²) < 4.78 is 18.1. The Hall–Kier alpha value is -0.393. The molecule has 0 aliphatic carbocycles. The Morgan fingerprint density at radius 3 is 1.71 bits per heavy atom. The lowest BCUT2D eigenvalue weighted by molar-refractivity contribution is 0.0611. The maximum atomic E-state index is 6.04. The van der Waals surface area contributed by atoms with Crippen molar-refractivity contribution < 1.29 is 13.3 Å². The van der Waals surface area contributed by atoms with Gasteiger partial charge in [0.15, 0.2) is 0 Å². The lowest BCUT2D eigenvalue weighted by Crippen LogP contribution is -2.51. The fourth-order valence-corrected chi connectivity index (χ4v) is 5.90. The van der Waals surface area contributed by atoms with E-state index in [4.69, 9.17) is 24.9 Å². The minimum Gasteiger partial charge on any atom is -0.373 e. The van der Waals surface area contributed by atoms with Crippen LogP contribution in [0.4, 0.5) is 0 Å². The fourth-order valence-electron chi connectivity index (χ4n) is 2.56. The molecule has 0 unspecified atom stereocenters. The second-order valence-corrected chi connectivity index (χ2v) is 7.78. The van der Waals surface area contributed by atoms with Crippen molar-refractivity contribution in [2.75, 3.05) is 19.8 Å². The largest absolute Gasteiger partial charge is 0.508 e. The van der Waals surface area contributed by atoms with Gasteiger partial charge in [0, 0.05) is 25.7 Å². The van der Waals surface area contributed by atoms with E-state index in [0.717, 1.165) is 12.0 Å². The van der Waals surface area contributed by atoms with Crippen LogP contribution in [0.1, 0.15) is 50.8 Å². The molecule has 5 heteroatoms. The lowest BCUT2D eigenvalue weighted by atomic mass is 10.1. The highest BCUT2D eigenvalue weighted by Crippen LogP contribution is 2.33. The minimum absolute atomic E-state index is 0.154. The van der Waals surface area contributed by atoms with E-state index in [0.29, 0.717) is 25.7 Å². The summed E-state index contributed by atoms with van der Waals surface area (Å²) in [5, 5.41) is 0. The van der Waals surface area contributed by atoms with E-state index in [1.54, 1.807) is 0 Å². The van der Waals surface area contributed by atoms with Crippen LogP contribution in [-0.4, -0.2) is 28.6 Å². The van der Waals surface area contributed by atoms with Gasteiger partial charge < -0.3 is 13.3 Å². The summed E-state index contributed by atoms with van der Waals surface area (Å²) in [6, 6.07) is 8.36. The molecule has 0 saturated carbocycles. The van der Waals surface area contributed by atoms with E-state index < -0.39 is 8.80 Å². The average Bonchev–Trinajstić information content (AvgIpc) is 2.49. The van der Waals surface area contributed by atoms with Gasteiger partial charge in [-0.3, -0.25) is 0 Å². The molecule has 0 N–H and O–H groups in total. The predicted molar refractivity (Wildman–Crippen MR) is 89.7 cm³/mol. The zero-order valence-electron chi connectivity index (χ0n) is 13.5. The fraction of sp³-hybridized carbons (Fsp3) is 0.625. The van der Waals surface area contributed by atoms with E-state index in [2.05, 4.69) is 31.2 Å². The van der Waals surface area contributed by atoms with Crippen LogP contribution in [0.25, 0.3) is 0 Å². The molecule has 1 atom stereocenters. The Kier molecular flexibility index (Phi) is 8.52. The van der Waals surface area contributed by atoms with Gasteiger partial charge >= 0.3 is 8.80 Å². The number of halogens is 1. The number of hydrogen-bond donors (Lipinski definition) is 0. The normalized spacial score (nSPS) is 13.4. The van der Waals surface area contributed by atoms with Crippen LogP contribution in [-0.2, 0) is 19.2 Å². The van der Waals surface area contributed by atoms with Gasteiger partial charge in [0.2, 0.25) is 0 Å². The number of alkyl halides is 1. The van der Waals surface area contributed by atoms with Gasteiger partial charge in [-0.1, -0.05) is 31.2 Å². The van der Waals surface area contributed by atoms with Crippen LogP contribution in [0, 0.1) is 0 Å². The molecule has 0 bridgehead atoms. The van der Waals surface area contributed by atoms with Crippen molar-refractivity contribution in [3.63, 3.8) is 0 Å². The molecule has 0 radical (unpaired) electrons. The van der Waals surface area contributed by atoms with Crippen molar-refractivity contribution in [2.24, 2.45) is 0 Å². The van der Waals surface area contributed by atoms with Crippen LogP contribution in [0.3, 0.4) is 0 Å². The first-order valence-electron chi connectivity index (χ1n) is 7.73. The van der Waals surface area contributed by atoms with E-state index in [-0.39, 0.29) is 5.54 Å². The highest BCUT2D eigenvalue weighted by atomic mass is 35.5. The van der Waals surface area contributed by atoms with Gasteiger partial charge in [0.05, 0.1) is 5.54 Å². The molecule has 0 fully saturated rings. The molecule has 0 aliphatic rings. The zero-order valence-corrected chi connectivity index (χ0v) is 15.3. The van der Waals surface area contributed by atoms with Crippen molar-refractivity contribution in [2.45, 2.75) is 45.5 Å². The first-order chi connectivity index (χ1) is 10.2. The topological polar surface area (TPSA) is 27.7 Å². The van der Waals surface area contributed by atoms with E-state index in [1.165, 1.54) is 5.56 Å². The molecule has 0 amide bonds. The Labute approximate surface area is 134 Å². The second kappa shape index (κ2) is 9.59. The number of benzene rings is 1. The molecule has 0 heterocycles. The molecule has 21 heavy (non-hydrogen) atoms. The molecule has 0 saturated heterocycles. The highest BCUT2D eigenvalue weighted by molar-refractivity contribution is 6.62. The third kappa shape index (κ3) is 4.79. The monoisotopic (exact) mass is 330 g/mol. The maximum Gasteiger partial charge on any atom is 0.508 e. The SMILES string of the molecule is CCO[Si](OCC)(OCC)[C@@H](CC)c1ccc(CCl)cc1. The Balaban J connectivity index is 3.13. The van der Waals surface area contributed by atoms with Crippen LogP contribution in [0.15, 0.2) is 24.3 Å². The first kappa shape index (κ1) is 18.7. The summed E-state index contributed by atoms with van der Waals surface area (Å²) in [5.74, 6) is 0.530. The summed E-state index contributed by atoms with van der Waals surface area (Å²) in [6.45, 7) is 9.92. The van der Waals surface area contributed by atoms with Crippen LogP contribution < -0.4 is 0 Å².